The second kappa shape index (κ2) is 8.05. The van der Waals surface area contributed by atoms with Crippen molar-refractivity contribution in [1.29, 1.82) is 0 Å². The highest BCUT2D eigenvalue weighted by Gasteiger charge is 2.15. The highest BCUT2D eigenvalue weighted by molar-refractivity contribution is 5.91. The Morgan fingerprint density at radius 1 is 1.27 bits per heavy atom. The molecule has 1 N–H and O–H groups in total. The Balaban J connectivity index is 1.94. The van der Waals surface area contributed by atoms with Crippen molar-refractivity contribution < 1.29 is 18.7 Å². The molecule has 1 amide bonds. The lowest BCUT2D eigenvalue weighted by Crippen LogP contribution is -2.27. The van der Waals surface area contributed by atoms with Gasteiger partial charge in [0.05, 0.1) is 13.4 Å². The molecule has 1 aromatic carbocycles. The van der Waals surface area contributed by atoms with E-state index in [1.165, 1.54) is 6.08 Å². The Labute approximate surface area is 129 Å². The summed E-state index contributed by atoms with van der Waals surface area (Å²) in [6, 6.07) is 11.1. The third-order valence-corrected chi connectivity index (χ3v) is 3.17. The SMILES string of the molecule is COc1ccccc1C(CNC(=O)C=Cc1ccco1)OC. The second-order valence-corrected chi connectivity index (χ2v) is 4.56. The third kappa shape index (κ3) is 4.23. The molecule has 1 heterocycles. The van der Waals surface area contributed by atoms with Gasteiger partial charge < -0.3 is 19.2 Å². The van der Waals surface area contributed by atoms with E-state index in [1.54, 1.807) is 38.7 Å². The number of carbonyl (C=O) groups excluding carboxylic acids is 1. The zero-order chi connectivity index (χ0) is 15.8. The van der Waals surface area contributed by atoms with E-state index in [4.69, 9.17) is 13.9 Å². The Morgan fingerprint density at radius 3 is 2.77 bits per heavy atom. The van der Waals surface area contributed by atoms with E-state index in [9.17, 15) is 4.79 Å². The second-order valence-electron chi connectivity index (χ2n) is 4.56. The third-order valence-electron chi connectivity index (χ3n) is 3.17. The number of amides is 1. The van der Waals surface area contributed by atoms with E-state index in [0.717, 1.165) is 11.3 Å². The fourth-order valence-electron chi connectivity index (χ4n) is 2.05. The average Bonchev–Trinajstić information content (AvgIpc) is 3.07. The van der Waals surface area contributed by atoms with Crippen molar-refractivity contribution in [3.05, 3.63) is 60.1 Å². The summed E-state index contributed by atoms with van der Waals surface area (Å²) >= 11 is 0. The lowest BCUT2D eigenvalue weighted by atomic mass is 10.1. The number of rotatable bonds is 7. The number of hydrogen-bond acceptors (Lipinski definition) is 4. The molecule has 0 bridgehead atoms. The van der Waals surface area contributed by atoms with Crippen LogP contribution in [0.15, 0.2) is 53.2 Å². The van der Waals surface area contributed by atoms with Crippen LogP contribution in [0.2, 0.25) is 0 Å². The molecule has 2 aromatic rings. The molecular formula is C17H19NO4. The molecule has 1 unspecified atom stereocenters. The first kappa shape index (κ1) is 15.9. The number of furan rings is 1. The fraction of sp³-hybridized carbons (Fsp3) is 0.235. The lowest BCUT2D eigenvalue weighted by molar-refractivity contribution is -0.117. The van der Waals surface area contributed by atoms with Crippen LogP contribution in [0.4, 0.5) is 0 Å². The molecule has 0 spiro atoms. The molecule has 116 valence electrons. The van der Waals surface area contributed by atoms with Crippen molar-refractivity contribution in [2.75, 3.05) is 20.8 Å². The maximum atomic E-state index is 11.8. The van der Waals surface area contributed by atoms with Crippen LogP contribution in [0.25, 0.3) is 6.08 Å². The smallest absolute Gasteiger partial charge is 0.244 e. The van der Waals surface area contributed by atoms with Gasteiger partial charge in [-0.1, -0.05) is 18.2 Å². The zero-order valence-corrected chi connectivity index (χ0v) is 12.6. The fourth-order valence-corrected chi connectivity index (χ4v) is 2.05. The van der Waals surface area contributed by atoms with E-state index in [2.05, 4.69) is 5.32 Å². The topological polar surface area (TPSA) is 60.7 Å². The Bertz CT molecular complexity index is 619. The van der Waals surface area contributed by atoms with Crippen LogP contribution in [-0.2, 0) is 9.53 Å². The molecule has 1 aromatic heterocycles. The summed E-state index contributed by atoms with van der Waals surface area (Å²) in [5.74, 6) is 1.14. The molecule has 1 atom stereocenters. The van der Waals surface area contributed by atoms with Gasteiger partial charge in [-0.15, -0.1) is 0 Å². The van der Waals surface area contributed by atoms with Crippen LogP contribution in [0.1, 0.15) is 17.4 Å². The van der Waals surface area contributed by atoms with E-state index in [-0.39, 0.29) is 12.0 Å². The first-order valence-corrected chi connectivity index (χ1v) is 6.89. The van der Waals surface area contributed by atoms with Crippen molar-refractivity contribution in [1.82, 2.24) is 5.32 Å². The minimum atomic E-state index is -0.280. The van der Waals surface area contributed by atoms with Gasteiger partial charge in [0.15, 0.2) is 0 Å². The molecule has 22 heavy (non-hydrogen) atoms. The highest BCUT2D eigenvalue weighted by Crippen LogP contribution is 2.26. The number of hydrogen-bond donors (Lipinski definition) is 1. The van der Waals surface area contributed by atoms with E-state index >= 15 is 0 Å². The number of carbonyl (C=O) groups is 1. The van der Waals surface area contributed by atoms with Crippen LogP contribution < -0.4 is 10.1 Å². The number of para-hydroxylation sites is 1. The van der Waals surface area contributed by atoms with Crippen LogP contribution in [0.3, 0.4) is 0 Å². The summed E-state index contributed by atoms with van der Waals surface area (Å²) in [6.07, 6.45) is 4.31. The van der Waals surface area contributed by atoms with Crippen molar-refractivity contribution in [3.63, 3.8) is 0 Å². The van der Waals surface area contributed by atoms with Crippen molar-refractivity contribution >= 4 is 12.0 Å². The van der Waals surface area contributed by atoms with Gasteiger partial charge in [0.2, 0.25) is 5.91 Å². The predicted octanol–water partition coefficient (Wildman–Crippen LogP) is 2.81. The van der Waals surface area contributed by atoms with Crippen LogP contribution in [0.5, 0.6) is 5.75 Å². The molecule has 0 fully saturated rings. The average molecular weight is 301 g/mol. The molecule has 5 nitrogen and oxygen atoms in total. The molecule has 0 saturated heterocycles. The molecule has 0 saturated carbocycles. The number of benzene rings is 1. The summed E-state index contributed by atoms with van der Waals surface area (Å²) in [5.41, 5.74) is 0.891. The summed E-state index contributed by atoms with van der Waals surface area (Å²) in [5, 5.41) is 2.80. The molecule has 0 radical (unpaired) electrons. The molecule has 0 aliphatic carbocycles. The first-order valence-electron chi connectivity index (χ1n) is 6.89. The van der Waals surface area contributed by atoms with Gasteiger partial charge in [0.1, 0.15) is 17.6 Å². The van der Waals surface area contributed by atoms with E-state index in [1.807, 2.05) is 24.3 Å². The van der Waals surface area contributed by atoms with Gasteiger partial charge in [0.25, 0.3) is 0 Å². The van der Waals surface area contributed by atoms with Gasteiger partial charge in [-0.25, -0.2) is 0 Å². The molecule has 0 aliphatic heterocycles. The minimum Gasteiger partial charge on any atom is -0.496 e. The predicted molar refractivity (Wildman–Crippen MR) is 83.5 cm³/mol. The first-order chi connectivity index (χ1) is 10.7. The van der Waals surface area contributed by atoms with Crippen LogP contribution in [0, 0.1) is 0 Å². The molecule has 5 heteroatoms. The Hall–Kier alpha value is -2.53. The number of nitrogens with one attached hydrogen (secondary N) is 1. The lowest BCUT2D eigenvalue weighted by Gasteiger charge is -2.18. The maximum Gasteiger partial charge on any atom is 0.244 e. The summed E-state index contributed by atoms with van der Waals surface area (Å²) in [4.78, 5) is 11.8. The quantitative estimate of drug-likeness (QED) is 0.799. The molecule has 2 rings (SSSR count). The van der Waals surface area contributed by atoms with E-state index < -0.39 is 0 Å². The van der Waals surface area contributed by atoms with Gasteiger partial charge in [0, 0.05) is 25.3 Å². The van der Waals surface area contributed by atoms with Gasteiger partial charge in [-0.3, -0.25) is 4.79 Å². The normalized spacial score (nSPS) is 12.3. The van der Waals surface area contributed by atoms with Crippen molar-refractivity contribution in [3.8, 4) is 5.75 Å². The maximum absolute atomic E-state index is 11.8. The summed E-state index contributed by atoms with van der Waals surface area (Å²) < 4.78 is 15.9. The van der Waals surface area contributed by atoms with Crippen molar-refractivity contribution in [2.45, 2.75) is 6.10 Å². The Morgan fingerprint density at radius 2 is 2.09 bits per heavy atom. The van der Waals surface area contributed by atoms with Crippen LogP contribution in [-0.4, -0.2) is 26.7 Å². The van der Waals surface area contributed by atoms with Gasteiger partial charge >= 0.3 is 0 Å². The number of ether oxygens (including phenoxy) is 2. The standard InChI is InChI=1S/C17H19NO4/c1-20-15-8-4-3-7-14(15)16(21-2)12-18-17(19)10-9-13-6-5-11-22-13/h3-11,16H,12H2,1-2H3,(H,18,19). The zero-order valence-electron chi connectivity index (χ0n) is 12.6. The van der Waals surface area contributed by atoms with Gasteiger partial charge in [-0.05, 0) is 24.3 Å². The Kier molecular flexibility index (Phi) is 5.80. The molecular weight excluding hydrogens is 282 g/mol. The number of methoxy groups -OCH3 is 2. The van der Waals surface area contributed by atoms with Gasteiger partial charge in [-0.2, -0.15) is 0 Å². The largest absolute Gasteiger partial charge is 0.496 e. The molecule has 0 aliphatic rings. The summed E-state index contributed by atoms with van der Waals surface area (Å²) in [6.45, 7) is 0.345. The summed E-state index contributed by atoms with van der Waals surface area (Å²) in [7, 11) is 3.21. The van der Waals surface area contributed by atoms with Crippen LogP contribution >= 0.6 is 0 Å². The van der Waals surface area contributed by atoms with E-state index in [0.29, 0.717) is 12.3 Å². The minimum absolute atomic E-state index is 0.214. The highest BCUT2D eigenvalue weighted by atomic mass is 16.5. The van der Waals surface area contributed by atoms with Crippen molar-refractivity contribution in [2.24, 2.45) is 0 Å². The monoisotopic (exact) mass is 301 g/mol.